The van der Waals surface area contributed by atoms with Crippen LogP contribution < -0.4 is 5.32 Å². The number of hydrogen-bond acceptors (Lipinski definition) is 4. The summed E-state index contributed by atoms with van der Waals surface area (Å²) in [5, 5.41) is 7.63. The van der Waals surface area contributed by atoms with Crippen molar-refractivity contribution in [1.29, 1.82) is 0 Å². The highest BCUT2D eigenvalue weighted by atomic mass is 16.3. The van der Waals surface area contributed by atoms with Gasteiger partial charge in [0.1, 0.15) is 5.69 Å². The predicted molar refractivity (Wildman–Crippen MR) is 99.0 cm³/mol. The molecule has 0 saturated heterocycles. The molecule has 1 aliphatic rings. The molecule has 2 aromatic carbocycles. The third-order valence-corrected chi connectivity index (χ3v) is 4.11. The molecule has 1 aliphatic heterocycles. The van der Waals surface area contributed by atoms with Gasteiger partial charge in [-0.15, -0.1) is 4.91 Å². The number of nitroso groups, excluding NO2 is 1. The zero-order valence-corrected chi connectivity index (χ0v) is 13.2. The average Bonchev–Trinajstić information content (AvgIpc) is 2.62. The Morgan fingerprint density at radius 3 is 2.92 bits per heavy atom. The van der Waals surface area contributed by atoms with Gasteiger partial charge in [0.2, 0.25) is 0 Å². The summed E-state index contributed by atoms with van der Waals surface area (Å²) in [6.07, 6.45) is 7.77. The minimum Gasteiger partial charge on any atom is -0.353 e. The maximum absolute atomic E-state index is 11.0. The van der Waals surface area contributed by atoms with Crippen molar-refractivity contribution in [3.8, 4) is 0 Å². The van der Waals surface area contributed by atoms with Gasteiger partial charge in [-0.3, -0.25) is 4.98 Å². The Hall–Kier alpha value is -3.27. The van der Waals surface area contributed by atoms with Crippen molar-refractivity contribution in [2.24, 2.45) is 5.18 Å². The molecule has 0 saturated carbocycles. The van der Waals surface area contributed by atoms with E-state index in [1.54, 1.807) is 12.3 Å². The van der Waals surface area contributed by atoms with E-state index in [1.807, 2.05) is 43.3 Å². The number of nitrogens with zero attached hydrogens (tertiary/aromatic N) is 2. The molecule has 24 heavy (non-hydrogen) atoms. The number of hydrogen-bond donors (Lipinski definition) is 1. The largest absolute Gasteiger partial charge is 0.353 e. The Balaban J connectivity index is 1.81. The number of aromatic nitrogens is 1. The lowest BCUT2D eigenvalue weighted by atomic mass is 10.0. The lowest BCUT2D eigenvalue weighted by Gasteiger charge is -2.17. The number of fused-ring (bicyclic) bond motifs is 3. The number of benzene rings is 2. The van der Waals surface area contributed by atoms with Crippen LogP contribution in [-0.2, 0) is 0 Å². The summed E-state index contributed by atoms with van der Waals surface area (Å²) in [6, 6.07) is 13.7. The smallest absolute Gasteiger partial charge is 0.115 e. The molecular weight excluding hydrogens is 298 g/mol. The minimum atomic E-state index is 0.435. The lowest BCUT2D eigenvalue weighted by Crippen LogP contribution is -2.04. The fourth-order valence-corrected chi connectivity index (χ4v) is 2.92. The summed E-state index contributed by atoms with van der Waals surface area (Å²) in [4.78, 5) is 15.5. The number of rotatable bonds is 2. The van der Waals surface area contributed by atoms with Gasteiger partial charge in [-0.1, -0.05) is 35.9 Å². The van der Waals surface area contributed by atoms with Crippen LogP contribution in [0.3, 0.4) is 0 Å². The van der Waals surface area contributed by atoms with Crippen molar-refractivity contribution in [3.63, 3.8) is 0 Å². The fraction of sp³-hybridized carbons (Fsp3) is 0.0500. The fourth-order valence-electron chi connectivity index (χ4n) is 2.92. The van der Waals surface area contributed by atoms with Gasteiger partial charge < -0.3 is 5.32 Å². The van der Waals surface area contributed by atoms with Crippen molar-refractivity contribution >= 4 is 34.4 Å². The van der Waals surface area contributed by atoms with E-state index < -0.39 is 0 Å². The summed E-state index contributed by atoms with van der Waals surface area (Å²) < 4.78 is 0. The second kappa shape index (κ2) is 5.74. The van der Waals surface area contributed by atoms with E-state index in [9.17, 15) is 4.91 Å². The van der Waals surface area contributed by atoms with Crippen LogP contribution in [0.4, 0.5) is 11.4 Å². The average molecular weight is 313 g/mol. The molecule has 1 N–H and O–H groups in total. The van der Waals surface area contributed by atoms with E-state index in [1.165, 1.54) is 0 Å². The van der Waals surface area contributed by atoms with Crippen LogP contribution in [-0.4, -0.2) is 4.98 Å². The zero-order chi connectivity index (χ0) is 16.5. The molecule has 3 aromatic rings. The van der Waals surface area contributed by atoms with Crippen molar-refractivity contribution < 1.29 is 0 Å². The van der Waals surface area contributed by atoms with E-state index in [-0.39, 0.29) is 0 Å². The first-order valence-electron chi connectivity index (χ1n) is 7.73. The van der Waals surface area contributed by atoms with Gasteiger partial charge >= 0.3 is 0 Å². The first kappa shape index (κ1) is 14.3. The van der Waals surface area contributed by atoms with E-state index in [0.717, 1.165) is 39.0 Å². The van der Waals surface area contributed by atoms with Crippen LogP contribution in [0.25, 0.3) is 23.1 Å². The molecule has 4 rings (SSSR count). The van der Waals surface area contributed by atoms with Gasteiger partial charge in [0, 0.05) is 28.4 Å². The highest BCUT2D eigenvalue weighted by Crippen LogP contribution is 2.32. The van der Waals surface area contributed by atoms with Crippen molar-refractivity contribution in [1.82, 2.24) is 4.98 Å². The molecule has 1 aromatic heterocycles. The van der Waals surface area contributed by atoms with Crippen LogP contribution >= 0.6 is 0 Å². The van der Waals surface area contributed by atoms with Crippen molar-refractivity contribution in [3.05, 3.63) is 82.0 Å². The number of nitrogens with one attached hydrogen (secondary N) is 1. The molecule has 0 spiro atoms. The standard InChI is InChI=1S/C20H15N3O/c1-13-4-9-18(23-24)16(11-13)12-17-8-7-15-6-5-14-3-2-10-21-19(14)20(15)22-17/h2-12,22H,1H3/b17-12+. The second-order valence-corrected chi connectivity index (χ2v) is 5.82. The van der Waals surface area contributed by atoms with Crippen molar-refractivity contribution in [2.45, 2.75) is 6.92 Å². The molecule has 0 unspecified atom stereocenters. The molecule has 4 nitrogen and oxygen atoms in total. The normalized spacial score (nSPS) is 14.5. The lowest BCUT2D eigenvalue weighted by molar-refractivity contribution is 1.37. The molecule has 116 valence electrons. The summed E-state index contributed by atoms with van der Waals surface area (Å²) in [6.45, 7) is 1.99. The summed E-state index contributed by atoms with van der Waals surface area (Å²) >= 11 is 0. The van der Waals surface area contributed by atoms with Crippen LogP contribution in [0.15, 0.2) is 65.6 Å². The van der Waals surface area contributed by atoms with Gasteiger partial charge in [0.05, 0.1) is 11.2 Å². The van der Waals surface area contributed by atoms with Gasteiger partial charge in [-0.05, 0) is 42.5 Å². The molecule has 4 heteroatoms. The third-order valence-electron chi connectivity index (χ3n) is 4.11. The molecule has 0 aliphatic carbocycles. The number of anilines is 1. The van der Waals surface area contributed by atoms with E-state index in [0.29, 0.717) is 5.69 Å². The summed E-state index contributed by atoms with van der Waals surface area (Å²) in [5.41, 5.74) is 6.23. The summed E-state index contributed by atoms with van der Waals surface area (Å²) in [5.74, 6) is 0. The van der Waals surface area contributed by atoms with E-state index in [2.05, 4.69) is 33.7 Å². The monoisotopic (exact) mass is 313 g/mol. The second-order valence-electron chi connectivity index (χ2n) is 5.82. The number of aryl methyl sites for hydroxylation is 1. The molecule has 2 heterocycles. The van der Waals surface area contributed by atoms with Crippen LogP contribution in [0.5, 0.6) is 0 Å². The van der Waals surface area contributed by atoms with Crippen LogP contribution in [0, 0.1) is 11.8 Å². The highest BCUT2D eigenvalue weighted by molar-refractivity contribution is 5.98. The Kier molecular flexibility index (Phi) is 3.43. The Morgan fingerprint density at radius 2 is 2.04 bits per heavy atom. The first-order chi connectivity index (χ1) is 11.7. The maximum Gasteiger partial charge on any atom is 0.115 e. The SMILES string of the molecule is Cc1ccc(N=O)c(/C=C2\C=Cc3ccc4cccnc4c3N2)c1. The Labute approximate surface area is 139 Å². The van der Waals surface area contributed by atoms with Crippen molar-refractivity contribution in [2.75, 3.05) is 5.32 Å². The Morgan fingerprint density at radius 1 is 1.12 bits per heavy atom. The molecule has 0 amide bonds. The first-order valence-corrected chi connectivity index (χ1v) is 7.73. The van der Waals surface area contributed by atoms with Gasteiger partial charge in [0.15, 0.2) is 0 Å². The number of pyridine rings is 1. The third kappa shape index (κ3) is 2.48. The molecule has 0 fully saturated rings. The van der Waals surface area contributed by atoms with Crippen LogP contribution in [0.2, 0.25) is 0 Å². The predicted octanol–water partition coefficient (Wildman–Crippen LogP) is 5.42. The molecule has 0 bridgehead atoms. The summed E-state index contributed by atoms with van der Waals surface area (Å²) in [7, 11) is 0. The highest BCUT2D eigenvalue weighted by Gasteiger charge is 2.12. The molecule has 0 radical (unpaired) electrons. The number of allylic oxidation sites excluding steroid dienone is 1. The van der Waals surface area contributed by atoms with E-state index >= 15 is 0 Å². The quantitative estimate of drug-likeness (QED) is 0.643. The Bertz CT molecular complexity index is 1020. The molecule has 0 atom stereocenters. The van der Waals surface area contributed by atoms with Gasteiger partial charge in [-0.25, -0.2) is 0 Å². The molecular formula is C20H15N3O. The van der Waals surface area contributed by atoms with Gasteiger partial charge in [0.25, 0.3) is 0 Å². The van der Waals surface area contributed by atoms with Gasteiger partial charge in [-0.2, -0.15) is 0 Å². The minimum absolute atomic E-state index is 0.435. The zero-order valence-electron chi connectivity index (χ0n) is 13.2. The maximum atomic E-state index is 11.0. The topological polar surface area (TPSA) is 54.4 Å². The van der Waals surface area contributed by atoms with E-state index in [4.69, 9.17) is 0 Å². The van der Waals surface area contributed by atoms with Crippen LogP contribution in [0.1, 0.15) is 16.7 Å².